The fraction of sp³-hybridized carbons (Fsp3) is 0.429. The maximum atomic E-state index is 11.5. The number of methoxy groups -OCH3 is 1. The average molecular weight is 246 g/mol. The molecule has 0 spiro atoms. The molecule has 0 heterocycles. The van der Waals surface area contributed by atoms with Gasteiger partial charge in [-0.05, 0) is 38.0 Å². The third kappa shape index (κ3) is 4.19. The number of ketones is 1. The first-order valence-corrected chi connectivity index (χ1v) is 5.97. The summed E-state index contributed by atoms with van der Waals surface area (Å²) in [6.07, 6.45) is 1.93. The number of nitriles is 1. The second-order valence-electron chi connectivity index (χ2n) is 4.06. The van der Waals surface area contributed by atoms with Crippen LogP contribution in [0.4, 0.5) is 5.69 Å². The predicted octanol–water partition coefficient (Wildman–Crippen LogP) is 2.60. The van der Waals surface area contributed by atoms with Gasteiger partial charge in [-0.25, -0.2) is 0 Å². The highest BCUT2D eigenvalue weighted by atomic mass is 16.5. The van der Waals surface area contributed by atoms with Gasteiger partial charge in [0.1, 0.15) is 0 Å². The zero-order valence-corrected chi connectivity index (χ0v) is 10.8. The van der Waals surface area contributed by atoms with Gasteiger partial charge in [-0.1, -0.05) is 0 Å². The molecular formula is C14H18N2O2. The fourth-order valence-electron chi connectivity index (χ4n) is 1.66. The molecule has 0 unspecified atom stereocenters. The topological polar surface area (TPSA) is 62.1 Å². The molecule has 0 aliphatic carbocycles. The largest absolute Gasteiger partial charge is 0.385 e. The van der Waals surface area contributed by atoms with Crippen LogP contribution in [0.2, 0.25) is 0 Å². The number of carbonyl (C=O) groups excluding carboxylic acids is 1. The summed E-state index contributed by atoms with van der Waals surface area (Å²) in [5.74, 6) is -0.00104. The Morgan fingerprint density at radius 1 is 1.44 bits per heavy atom. The van der Waals surface area contributed by atoms with Crippen molar-refractivity contribution in [1.82, 2.24) is 0 Å². The zero-order chi connectivity index (χ0) is 13.4. The van der Waals surface area contributed by atoms with Crippen molar-refractivity contribution < 1.29 is 9.53 Å². The van der Waals surface area contributed by atoms with E-state index in [4.69, 9.17) is 10.00 Å². The van der Waals surface area contributed by atoms with E-state index in [1.54, 1.807) is 25.3 Å². The first kappa shape index (κ1) is 14.2. The molecule has 1 aromatic rings. The molecule has 4 heteroatoms. The van der Waals surface area contributed by atoms with Crippen LogP contribution < -0.4 is 5.32 Å². The van der Waals surface area contributed by atoms with Crippen LogP contribution in [0, 0.1) is 11.3 Å². The third-order valence-corrected chi connectivity index (χ3v) is 2.62. The lowest BCUT2D eigenvalue weighted by atomic mass is 10.1. The molecule has 0 radical (unpaired) electrons. The molecule has 0 atom stereocenters. The average Bonchev–Trinajstić information content (AvgIpc) is 2.38. The van der Waals surface area contributed by atoms with Gasteiger partial charge in [0.2, 0.25) is 0 Å². The van der Waals surface area contributed by atoms with Crippen molar-refractivity contribution >= 4 is 11.5 Å². The normalized spacial score (nSPS) is 9.83. The summed E-state index contributed by atoms with van der Waals surface area (Å²) in [4.78, 5) is 11.5. The minimum Gasteiger partial charge on any atom is -0.385 e. The molecule has 0 saturated carbocycles. The number of rotatable bonds is 7. The Balaban J connectivity index is 2.67. The van der Waals surface area contributed by atoms with Gasteiger partial charge in [-0.15, -0.1) is 0 Å². The number of carbonyl (C=O) groups is 1. The Kier molecular flexibility index (Phi) is 5.89. The van der Waals surface area contributed by atoms with Crippen molar-refractivity contribution in [2.75, 3.05) is 25.6 Å². The Hall–Kier alpha value is -1.86. The van der Waals surface area contributed by atoms with Crippen LogP contribution in [0.5, 0.6) is 0 Å². The molecule has 0 aliphatic heterocycles. The molecule has 0 amide bonds. The minimum atomic E-state index is -0.00104. The summed E-state index contributed by atoms with van der Waals surface area (Å²) in [7, 11) is 1.68. The van der Waals surface area contributed by atoms with E-state index in [1.165, 1.54) is 6.92 Å². The second kappa shape index (κ2) is 7.46. The molecule has 0 saturated heterocycles. The highest BCUT2D eigenvalue weighted by Crippen LogP contribution is 2.18. The van der Waals surface area contributed by atoms with Crippen LogP contribution in [-0.2, 0) is 4.74 Å². The van der Waals surface area contributed by atoms with Crippen LogP contribution in [-0.4, -0.2) is 26.0 Å². The number of unbranched alkanes of at least 4 members (excludes halogenated alkanes) is 1. The lowest BCUT2D eigenvalue weighted by Gasteiger charge is -2.10. The highest BCUT2D eigenvalue weighted by Gasteiger charge is 2.07. The monoisotopic (exact) mass is 246 g/mol. The maximum Gasteiger partial charge on any atom is 0.161 e. The molecule has 0 bridgehead atoms. The van der Waals surface area contributed by atoms with E-state index in [1.807, 2.05) is 0 Å². The SMILES string of the molecule is COCCCCNc1cc(C#N)ccc1C(C)=O. The van der Waals surface area contributed by atoms with Gasteiger partial charge in [0.15, 0.2) is 5.78 Å². The Morgan fingerprint density at radius 2 is 2.22 bits per heavy atom. The first-order chi connectivity index (χ1) is 8.69. The number of anilines is 1. The summed E-state index contributed by atoms with van der Waals surface area (Å²) in [5.41, 5.74) is 1.92. The molecule has 0 aromatic heterocycles. The van der Waals surface area contributed by atoms with Crippen LogP contribution in [0.1, 0.15) is 35.7 Å². The van der Waals surface area contributed by atoms with Gasteiger partial charge < -0.3 is 10.1 Å². The Labute approximate surface area is 108 Å². The van der Waals surface area contributed by atoms with Crippen molar-refractivity contribution in [3.8, 4) is 6.07 Å². The fourth-order valence-corrected chi connectivity index (χ4v) is 1.66. The summed E-state index contributed by atoms with van der Waals surface area (Å²) in [6.45, 7) is 3.02. The van der Waals surface area contributed by atoms with E-state index in [-0.39, 0.29) is 5.78 Å². The molecule has 96 valence electrons. The molecule has 1 N–H and O–H groups in total. The van der Waals surface area contributed by atoms with Crippen molar-refractivity contribution in [3.63, 3.8) is 0 Å². The molecule has 18 heavy (non-hydrogen) atoms. The molecule has 0 fully saturated rings. The third-order valence-electron chi connectivity index (χ3n) is 2.62. The Morgan fingerprint density at radius 3 is 2.83 bits per heavy atom. The summed E-state index contributed by atoms with van der Waals surface area (Å²) >= 11 is 0. The standard InChI is InChI=1S/C14H18N2O2/c1-11(17)13-6-5-12(10-15)9-14(13)16-7-3-4-8-18-2/h5-6,9,16H,3-4,7-8H2,1-2H3. The van der Waals surface area contributed by atoms with Crippen molar-refractivity contribution in [2.45, 2.75) is 19.8 Å². The predicted molar refractivity (Wildman–Crippen MR) is 70.8 cm³/mol. The second-order valence-corrected chi connectivity index (χ2v) is 4.06. The molecule has 1 rings (SSSR count). The quantitative estimate of drug-likeness (QED) is 0.593. The minimum absolute atomic E-state index is 0.00104. The van der Waals surface area contributed by atoms with E-state index < -0.39 is 0 Å². The number of hydrogen-bond acceptors (Lipinski definition) is 4. The van der Waals surface area contributed by atoms with Crippen LogP contribution >= 0.6 is 0 Å². The van der Waals surface area contributed by atoms with Gasteiger partial charge >= 0.3 is 0 Å². The van der Waals surface area contributed by atoms with E-state index in [2.05, 4.69) is 11.4 Å². The number of nitrogens with zero attached hydrogens (tertiary/aromatic N) is 1. The number of Topliss-reactive ketones (excluding diaryl/α,β-unsaturated/α-hetero) is 1. The van der Waals surface area contributed by atoms with Gasteiger partial charge in [0, 0.05) is 31.5 Å². The van der Waals surface area contributed by atoms with Gasteiger partial charge in [0.05, 0.1) is 11.6 Å². The zero-order valence-electron chi connectivity index (χ0n) is 10.8. The maximum absolute atomic E-state index is 11.5. The number of nitrogens with one attached hydrogen (secondary N) is 1. The van der Waals surface area contributed by atoms with Gasteiger partial charge in [-0.2, -0.15) is 5.26 Å². The number of benzene rings is 1. The van der Waals surface area contributed by atoms with E-state index in [0.717, 1.165) is 31.7 Å². The first-order valence-electron chi connectivity index (χ1n) is 5.97. The molecule has 4 nitrogen and oxygen atoms in total. The van der Waals surface area contributed by atoms with Gasteiger partial charge in [0.25, 0.3) is 0 Å². The van der Waals surface area contributed by atoms with Crippen LogP contribution in [0.15, 0.2) is 18.2 Å². The summed E-state index contributed by atoms with van der Waals surface area (Å²) < 4.78 is 4.97. The van der Waals surface area contributed by atoms with Crippen molar-refractivity contribution in [3.05, 3.63) is 29.3 Å². The van der Waals surface area contributed by atoms with Gasteiger partial charge in [-0.3, -0.25) is 4.79 Å². The Bertz CT molecular complexity index is 450. The molecule has 1 aromatic carbocycles. The van der Waals surface area contributed by atoms with E-state index in [9.17, 15) is 4.79 Å². The van der Waals surface area contributed by atoms with E-state index in [0.29, 0.717) is 11.1 Å². The lowest BCUT2D eigenvalue weighted by molar-refractivity contribution is 0.101. The molecule has 0 aliphatic rings. The highest BCUT2D eigenvalue weighted by molar-refractivity contribution is 5.99. The number of ether oxygens (including phenoxy) is 1. The van der Waals surface area contributed by atoms with Crippen LogP contribution in [0.3, 0.4) is 0 Å². The lowest BCUT2D eigenvalue weighted by Crippen LogP contribution is -2.07. The van der Waals surface area contributed by atoms with Crippen molar-refractivity contribution in [1.29, 1.82) is 5.26 Å². The van der Waals surface area contributed by atoms with E-state index >= 15 is 0 Å². The summed E-state index contributed by atoms with van der Waals surface area (Å²) in [6, 6.07) is 7.14. The number of hydrogen-bond donors (Lipinski definition) is 1. The van der Waals surface area contributed by atoms with Crippen LogP contribution in [0.25, 0.3) is 0 Å². The smallest absolute Gasteiger partial charge is 0.161 e. The molecular weight excluding hydrogens is 228 g/mol. The van der Waals surface area contributed by atoms with Crippen molar-refractivity contribution in [2.24, 2.45) is 0 Å². The summed E-state index contributed by atoms with van der Waals surface area (Å²) in [5, 5.41) is 12.1.